The average Bonchev–Trinajstić information content (AvgIpc) is 2.77. The van der Waals surface area contributed by atoms with Gasteiger partial charge in [0.25, 0.3) is 0 Å². The normalized spacial score (nSPS) is 9.27. The number of hydrogen-bond acceptors (Lipinski definition) is 9. The van der Waals surface area contributed by atoms with Crippen LogP contribution in [0.25, 0.3) is 0 Å². The number of hydrogen-bond donors (Lipinski definition) is 9. The molecule has 33 heavy (non-hydrogen) atoms. The zero-order valence-corrected chi connectivity index (χ0v) is 23.5. The third kappa shape index (κ3) is 65.4. The van der Waals surface area contributed by atoms with Gasteiger partial charge in [0.2, 0.25) is 0 Å². The maximum Gasteiger partial charge on any atom is -0.00369 e. The fourth-order valence-electron chi connectivity index (χ4n) is 2.24. The molecule has 0 unspecified atom stereocenters. The third-order valence-corrected chi connectivity index (χ3v) is 4.10. The van der Waals surface area contributed by atoms with Crippen molar-refractivity contribution in [3.63, 3.8) is 0 Å². The lowest BCUT2D eigenvalue weighted by atomic mass is 10.3. The highest BCUT2D eigenvalue weighted by Crippen LogP contribution is 1.83. The minimum absolute atomic E-state index is 0. The van der Waals surface area contributed by atoms with E-state index in [9.17, 15) is 0 Å². The molecule has 0 radical (unpaired) electrons. The van der Waals surface area contributed by atoms with Crippen LogP contribution in [0, 0.1) is 0 Å². The molecule has 0 heterocycles. The van der Waals surface area contributed by atoms with Crippen molar-refractivity contribution in [1.29, 1.82) is 0 Å². The quantitative estimate of drug-likeness (QED) is 0.0911. The van der Waals surface area contributed by atoms with Gasteiger partial charge in [0.15, 0.2) is 0 Å². The molecule has 210 valence electrons. The molecular weight excluding hydrogens is 485 g/mol. The number of halogens is 3. The molecule has 0 aromatic rings. The molecule has 0 bridgehead atoms. The first-order chi connectivity index (χ1) is 14.7. The van der Waals surface area contributed by atoms with Crippen LogP contribution in [-0.2, 0) is 0 Å². The molecule has 0 aromatic carbocycles. The van der Waals surface area contributed by atoms with Gasteiger partial charge < -0.3 is 50.4 Å². The maximum absolute atomic E-state index is 5.32. The first kappa shape index (κ1) is 46.8. The van der Waals surface area contributed by atoms with Gasteiger partial charge in [-0.3, -0.25) is 0 Å². The molecule has 12 heteroatoms. The molecule has 0 saturated carbocycles. The summed E-state index contributed by atoms with van der Waals surface area (Å²) < 4.78 is 0. The number of unbranched alkanes of at least 4 members (excludes halogenated alkanes) is 3. The van der Waals surface area contributed by atoms with E-state index >= 15 is 0 Å². The van der Waals surface area contributed by atoms with Gasteiger partial charge >= 0.3 is 0 Å². The topological polar surface area (TPSA) is 192 Å². The highest BCUT2D eigenvalue weighted by Gasteiger charge is 1.87. The van der Waals surface area contributed by atoms with E-state index in [0.717, 1.165) is 117 Å². The molecule has 0 aliphatic rings. The number of nitrogens with one attached hydrogen (secondary N) is 3. The molecule has 0 atom stereocenters. The Hall–Kier alpha value is 0.510. The molecular formula is C21H60Cl3N9. The smallest absolute Gasteiger partial charge is 0.00369 e. The first-order valence-electron chi connectivity index (χ1n) is 12.1. The minimum Gasteiger partial charge on any atom is -0.330 e. The molecule has 0 spiro atoms. The summed E-state index contributed by atoms with van der Waals surface area (Å²) in [5.41, 5.74) is 31.9. The van der Waals surface area contributed by atoms with Gasteiger partial charge in [-0.1, -0.05) is 0 Å². The molecule has 15 N–H and O–H groups in total. The Morgan fingerprint density at radius 3 is 0.636 bits per heavy atom. The predicted molar refractivity (Wildman–Crippen MR) is 156 cm³/mol. The minimum atomic E-state index is 0. The second-order valence-electron chi connectivity index (χ2n) is 7.16. The molecule has 0 rings (SSSR count). The first-order valence-corrected chi connectivity index (χ1v) is 12.1. The van der Waals surface area contributed by atoms with Crippen LogP contribution in [0.3, 0.4) is 0 Å². The van der Waals surface area contributed by atoms with Crippen LogP contribution in [0.5, 0.6) is 0 Å². The van der Waals surface area contributed by atoms with Crippen LogP contribution in [0.15, 0.2) is 0 Å². The monoisotopic (exact) mass is 543 g/mol. The summed E-state index contributed by atoms with van der Waals surface area (Å²) in [4.78, 5) is 0. The molecule has 0 aliphatic heterocycles. The van der Waals surface area contributed by atoms with Crippen molar-refractivity contribution in [1.82, 2.24) is 16.0 Å². The van der Waals surface area contributed by atoms with E-state index in [0.29, 0.717) is 0 Å². The van der Waals surface area contributed by atoms with E-state index in [4.69, 9.17) is 34.4 Å². The summed E-state index contributed by atoms with van der Waals surface area (Å²) in [5, 5.41) is 9.86. The summed E-state index contributed by atoms with van der Waals surface area (Å²) in [6.45, 7) is 11.1. The van der Waals surface area contributed by atoms with Gasteiger partial charge in [0.1, 0.15) is 0 Å². The second kappa shape index (κ2) is 53.7. The lowest BCUT2D eigenvalue weighted by Gasteiger charge is -2.01. The third-order valence-electron chi connectivity index (χ3n) is 4.10. The maximum atomic E-state index is 5.32. The predicted octanol–water partition coefficient (Wildman–Crippen LogP) is 0.257. The standard InChI is InChI=1S/3C7H19N3.3ClH/c3*8-4-1-2-6-10-7-3-5-9;;;/h3*10H,1-9H2;3*1H. The van der Waals surface area contributed by atoms with E-state index < -0.39 is 0 Å². The van der Waals surface area contributed by atoms with Crippen molar-refractivity contribution >= 4 is 37.2 Å². The summed E-state index contributed by atoms with van der Waals surface area (Å²) in [6, 6.07) is 0. The average molecular weight is 545 g/mol. The van der Waals surface area contributed by atoms with Crippen molar-refractivity contribution in [2.75, 3.05) is 78.5 Å². The Labute approximate surface area is 223 Å². The lowest BCUT2D eigenvalue weighted by Crippen LogP contribution is -2.19. The Bertz CT molecular complexity index is 199. The Kier molecular flexibility index (Phi) is 76.2. The second-order valence-corrected chi connectivity index (χ2v) is 7.16. The van der Waals surface area contributed by atoms with Gasteiger partial charge in [-0.2, -0.15) is 0 Å². The van der Waals surface area contributed by atoms with Crippen LogP contribution in [0.2, 0.25) is 0 Å². The lowest BCUT2D eigenvalue weighted by molar-refractivity contribution is 0.611. The van der Waals surface area contributed by atoms with E-state index in [2.05, 4.69) is 16.0 Å². The van der Waals surface area contributed by atoms with E-state index in [1.165, 1.54) is 19.3 Å². The van der Waals surface area contributed by atoms with Crippen LogP contribution in [0.1, 0.15) is 57.8 Å². The van der Waals surface area contributed by atoms with Crippen molar-refractivity contribution in [3.8, 4) is 0 Å². The van der Waals surface area contributed by atoms with Crippen LogP contribution >= 0.6 is 37.2 Å². The van der Waals surface area contributed by atoms with Gasteiger partial charge in [-0.25, -0.2) is 0 Å². The largest absolute Gasteiger partial charge is 0.330 e. The summed E-state index contributed by atoms with van der Waals surface area (Å²) in [5.74, 6) is 0. The Morgan fingerprint density at radius 2 is 0.455 bits per heavy atom. The summed E-state index contributed by atoms with van der Waals surface area (Å²) in [6.07, 6.45) is 10.1. The van der Waals surface area contributed by atoms with Gasteiger partial charge in [0.05, 0.1) is 0 Å². The highest BCUT2D eigenvalue weighted by molar-refractivity contribution is 5.86. The molecule has 0 saturated heterocycles. The van der Waals surface area contributed by atoms with Crippen LogP contribution in [0.4, 0.5) is 0 Å². The molecule has 0 aromatic heterocycles. The zero-order valence-electron chi connectivity index (χ0n) is 21.0. The number of nitrogens with two attached hydrogens (primary N) is 6. The molecule has 0 fully saturated rings. The molecule has 0 amide bonds. The van der Waals surface area contributed by atoms with Gasteiger partial charge in [-0.15, -0.1) is 37.2 Å². The van der Waals surface area contributed by atoms with Crippen molar-refractivity contribution in [3.05, 3.63) is 0 Å². The summed E-state index contributed by atoms with van der Waals surface area (Å²) in [7, 11) is 0. The van der Waals surface area contributed by atoms with Crippen molar-refractivity contribution in [2.24, 2.45) is 34.4 Å². The van der Waals surface area contributed by atoms with Crippen LogP contribution < -0.4 is 50.4 Å². The van der Waals surface area contributed by atoms with Gasteiger partial charge in [0, 0.05) is 0 Å². The zero-order chi connectivity index (χ0) is 23.0. The Morgan fingerprint density at radius 1 is 0.273 bits per heavy atom. The fraction of sp³-hybridized carbons (Fsp3) is 1.00. The highest BCUT2D eigenvalue weighted by atomic mass is 35.5. The SMILES string of the molecule is Cl.Cl.Cl.NCCCCNCCCN.NCCCCNCCCN.NCCCCNCCCN. The van der Waals surface area contributed by atoms with E-state index in [1.54, 1.807) is 0 Å². The molecule has 9 nitrogen and oxygen atoms in total. The summed E-state index contributed by atoms with van der Waals surface area (Å²) >= 11 is 0. The fourth-order valence-corrected chi connectivity index (χ4v) is 2.24. The molecule has 0 aliphatic carbocycles. The van der Waals surface area contributed by atoms with Crippen molar-refractivity contribution in [2.45, 2.75) is 57.8 Å². The van der Waals surface area contributed by atoms with Gasteiger partial charge in [-0.05, 0) is 136 Å². The number of rotatable bonds is 21. The van der Waals surface area contributed by atoms with Crippen molar-refractivity contribution < 1.29 is 0 Å². The van der Waals surface area contributed by atoms with E-state index in [1.807, 2.05) is 0 Å². The van der Waals surface area contributed by atoms with Crippen LogP contribution in [-0.4, -0.2) is 78.5 Å². The van der Waals surface area contributed by atoms with E-state index in [-0.39, 0.29) is 37.2 Å². The Balaban J connectivity index is -0.0000000792.